The molecule has 0 atom stereocenters. The number of carboxylic acid groups (broad SMARTS) is 1. The fourth-order valence-electron chi connectivity index (χ4n) is 8.18. The SMILES string of the molecule is CCc1cc(-c2cc(NC(=O)Cc3ccc(OC4CCN(C)CC4)c(C(F)(F)F)c3)nn2C)cc2cnc(N(C(=O)O)[C@H]3CC[C@H](N(C(=O)OC(C)(C)C)C(=O)OC(C)(C)C)CC3)nc12. The number of halogens is 3. The van der Waals surface area contributed by atoms with Crippen molar-refractivity contribution in [3.8, 4) is 17.0 Å². The highest BCUT2D eigenvalue weighted by Crippen LogP contribution is 2.39. The number of ether oxygens (including phenoxy) is 3. The fraction of sp³-hybridized carbons (Fsp3) is 0.543. The van der Waals surface area contributed by atoms with E-state index < -0.39 is 59.2 Å². The van der Waals surface area contributed by atoms with Gasteiger partial charge in [-0.15, -0.1) is 0 Å². The lowest BCUT2D eigenvalue weighted by atomic mass is 9.89. The highest BCUT2D eigenvalue weighted by molar-refractivity contribution is 5.93. The lowest BCUT2D eigenvalue weighted by Gasteiger charge is -2.38. The molecule has 352 valence electrons. The zero-order chi connectivity index (χ0) is 47.6. The lowest BCUT2D eigenvalue weighted by molar-refractivity contribution is -0.139. The molecule has 4 amide bonds. The summed E-state index contributed by atoms with van der Waals surface area (Å²) in [5.74, 6) is -0.624. The van der Waals surface area contributed by atoms with Crippen molar-refractivity contribution in [1.82, 2.24) is 29.5 Å². The number of hydrogen-bond donors (Lipinski definition) is 2. The Hall–Kier alpha value is -5.98. The predicted octanol–water partition coefficient (Wildman–Crippen LogP) is 9.23. The quantitative estimate of drug-likeness (QED) is 0.154. The molecule has 1 saturated carbocycles. The van der Waals surface area contributed by atoms with Crippen molar-refractivity contribution in [2.75, 3.05) is 30.4 Å². The van der Waals surface area contributed by atoms with E-state index in [-0.39, 0.29) is 48.4 Å². The van der Waals surface area contributed by atoms with Gasteiger partial charge in [-0.25, -0.2) is 34.2 Å². The minimum Gasteiger partial charge on any atom is -0.490 e. The second-order valence-corrected chi connectivity index (χ2v) is 18.8. The fourth-order valence-corrected chi connectivity index (χ4v) is 8.18. The number of piperidine rings is 1. The van der Waals surface area contributed by atoms with E-state index in [1.807, 2.05) is 26.1 Å². The number of likely N-dealkylation sites (tertiary alicyclic amines) is 1. The molecule has 0 radical (unpaired) electrons. The van der Waals surface area contributed by atoms with Gasteiger partial charge in [-0.2, -0.15) is 18.3 Å². The third-order valence-electron chi connectivity index (χ3n) is 11.2. The monoisotopic (exact) mass is 908 g/mol. The number of rotatable bonds is 10. The number of amides is 4. The number of anilines is 2. The van der Waals surface area contributed by atoms with Gasteiger partial charge in [0.15, 0.2) is 5.82 Å². The van der Waals surface area contributed by atoms with Crippen LogP contribution in [-0.2, 0) is 40.3 Å². The van der Waals surface area contributed by atoms with Crippen LogP contribution < -0.4 is 15.0 Å². The smallest absolute Gasteiger partial charge is 0.420 e. The van der Waals surface area contributed by atoms with Gasteiger partial charge in [-0.1, -0.05) is 13.0 Å². The second kappa shape index (κ2) is 19.2. The van der Waals surface area contributed by atoms with E-state index >= 15 is 0 Å². The molecule has 1 saturated heterocycles. The minimum atomic E-state index is -4.68. The Morgan fingerprint density at radius 3 is 2.05 bits per heavy atom. The number of fused-ring (bicyclic) bond motifs is 1. The average Bonchev–Trinajstić information content (AvgIpc) is 3.56. The first-order chi connectivity index (χ1) is 30.4. The number of alkyl halides is 3. The molecular weight excluding hydrogens is 850 g/mol. The van der Waals surface area contributed by atoms with Crippen molar-refractivity contribution in [3.63, 3.8) is 0 Å². The van der Waals surface area contributed by atoms with Crippen molar-refractivity contribution in [2.45, 2.75) is 135 Å². The molecule has 19 heteroatoms. The first kappa shape index (κ1) is 48.5. The number of carbonyl (C=O) groups is 4. The summed E-state index contributed by atoms with van der Waals surface area (Å²) < 4.78 is 60.9. The van der Waals surface area contributed by atoms with Gasteiger partial charge >= 0.3 is 24.5 Å². The Morgan fingerprint density at radius 2 is 1.48 bits per heavy atom. The van der Waals surface area contributed by atoms with E-state index in [9.17, 15) is 37.5 Å². The summed E-state index contributed by atoms with van der Waals surface area (Å²) in [7, 11) is 3.65. The molecule has 16 nitrogen and oxygen atoms in total. The third-order valence-corrected chi connectivity index (χ3v) is 11.2. The Labute approximate surface area is 376 Å². The Morgan fingerprint density at radius 1 is 0.862 bits per heavy atom. The molecule has 3 heterocycles. The topological polar surface area (TPSA) is 182 Å². The number of benzene rings is 2. The molecule has 0 unspecified atom stereocenters. The molecule has 1 aliphatic carbocycles. The molecular formula is C46H59F3N8O8. The molecule has 2 aromatic carbocycles. The lowest BCUT2D eigenvalue weighted by Crippen LogP contribution is -2.52. The van der Waals surface area contributed by atoms with Crippen LogP contribution in [0.2, 0.25) is 0 Å². The van der Waals surface area contributed by atoms with Crippen LogP contribution in [-0.4, -0.2) is 108 Å². The number of aromatic nitrogens is 4. The number of nitrogens with zero attached hydrogens (tertiary/aromatic N) is 7. The van der Waals surface area contributed by atoms with Gasteiger partial charge in [0.25, 0.3) is 0 Å². The number of imide groups is 1. The summed E-state index contributed by atoms with van der Waals surface area (Å²) in [4.78, 5) is 66.0. The average molecular weight is 909 g/mol. The molecule has 2 fully saturated rings. The zero-order valence-corrected chi connectivity index (χ0v) is 38.4. The van der Waals surface area contributed by atoms with Crippen molar-refractivity contribution < 1.29 is 51.7 Å². The first-order valence-corrected chi connectivity index (χ1v) is 21.9. The zero-order valence-electron chi connectivity index (χ0n) is 38.4. The summed E-state index contributed by atoms with van der Waals surface area (Å²) in [6, 6.07) is 7.94. The normalized spacial score (nSPS) is 17.7. The van der Waals surface area contributed by atoms with Gasteiger partial charge < -0.3 is 29.5 Å². The summed E-state index contributed by atoms with van der Waals surface area (Å²) in [5, 5.41) is 18.2. The van der Waals surface area contributed by atoms with Crippen molar-refractivity contribution in [3.05, 3.63) is 59.3 Å². The highest BCUT2D eigenvalue weighted by atomic mass is 19.4. The van der Waals surface area contributed by atoms with Crippen LogP contribution in [0.3, 0.4) is 0 Å². The summed E-state index contributed by atoms with van der Waals surface area (Å²) in [6.07, 6.45) is -3.77. The van der Waals surface area contributed by atoms with E-state index in [1.54, 1.807) is 65.5 Å². The Balaban J connectivity index is 1.16. The van der Waals surface area contributed by atoms with E-state index in [4.69, 9.17) is 19.2 Å². The van der Waals surface area contributed by atoms with Crippen LogP contribution in [0.25, 0.3) is 22.2 Å². The maximum atomic E-state index is 14.1. The molecule has 0 spiro atoms. The van der Waals surface area contributed by atoms with Crippen LogP contribution in [0.4, 0.5) is 39.3 Å². The van der Waals surface area contributed by atoms with Gasteiger partial charge in [0.1, 0.15) is 23.1 Å². The standard InChI is InChI=1S/C46H59F3N8O8/c1-10-28-23-29(35-25-37(53-55(35)9)51-38(58)22-27-11-16-36(34(21-27)46(47,48)49)63-33-17-19-54(8)20-18-33)24-30-26-50-40(52-39(28)30)56(41(59)60)31-12-14-32(15-13-31)57(42(61)64-44(2,3)4)43(62)65-45(5,6)7/h11,16,21,23-26,31-33H,10,12-15,17-20,22H2,1-9H3,(H,59,60)(H,51,53,58)/t31-,32-. The second-order valence-electron chi connectivity index (χ2n) is 18.8. The molecule has 0 bridgehead atoms. The van der Waals surface area contributed by atoms with E-state index in [2.05, 4.69) is 20.3 Å². The van der Waals surface area contributed by atoms with E-state index in [0.29, 0.717) is 54.3 Å². The first-order valence-electron chi connectivity index (χ1n) is 21.9. The molecule has 65 heavy (non-hydrogen) atoms. The minimum absolute atomic E-state index is 0.0145. The highest BCUT2D eigenvalue weighted by Gasteiger charge is 2.41. The van der Waals surface area contributed by atoms with Crippen LogP contribution in [0.15, 0.2) is 42.6 Å². The van der Waals surface area contributed by atoms with Crippen LogP contribution in [0.1, 0.15) is 104 Å². The summed E-state index contributed by atoms with van der Waals surface area (Å²) in [5.41, 5.74) is 0.164. The maximum absolute atomic E-state index is 14.1. The van der Waals surface area contributed by atoms with Gasteiger partial charge in [0.2, 0.25) is 11.9 Å². The summed E-state index contributed by atoms with van der Waals surface area (Å²) >= 11 is 0. The number of aryl methyl sites for hydroxylation is 2. The predicted molar refractivity (Wildman–Crippen MR) is 237 cm³/mol. The van der Waals surface area contributed by atoms with Gasteiger partial charge in [-0.05, 0) is 129 Å². The van der Waals surface area contributed by atoms with Crippen LogP contribution in [0.5, 0.6) is 5.75 Å². The van der Waals surface area contributed by atoms with Crippen LogP contribution in [0, 0.1) is 0 Å². The molecule has 2 N–H and O–H groups in total. The molecule has 6 rings (SSSR count). The molecule has 4 aromatic rings. The Kier molecular flexibility index (Phi) is 14.3. The number of nitrogens with one attached hydrogen (secondary N) is 1. The Bertz CT molecular complexity index is 2370. The summed E-state index contributed by atoms with van der Waals surface area (Å²) in [6.45, 7) is 13.6. The molecule has 2 aliphatic rings. The van der Waals surface area contributed by atoms with Crippen molar-refractivity contribution in [1.29, 1.82) is 0 Å². The van der Waals surface area contributed by atoms with Crippen molar-refractivity contribution >= 4 is 46.9 Å². The van der Waals surface area contributed by atoms with E-state index in [0.717, 1.165) is 34.5 Å². The van der Waals surface area contributed by atoms with E-state index in [1.165, 1.54) is 12.1 Å². The molecule has 2 aromatic heterocycles. The molecule has 1 aliphatic heterocycles. The van der Waals surface area contributed by atoms with Gasteiger partial charge in [0, 0.05) is 55.4 Å². The van der Waals surface area contributed by atoms with Gasteiger partial charge in [-0.3, -0.25) is 9.48 Å². The number of carbonyl (C=O) groups excluding carboxylic acids is 3. The number of hydrogen-bond acceptors (Lipinski definition) is 11. The third kappa shape index (κ3) is 12.2. The van der Waals surface area contributed by atoms with Gasteiger partial charge in [0.05, 0.1) is 23.2 Å². The maximum Gasteiger partial charge on any atom is 0.420 e. The largest absolute Gasteiger partial charge is 0.490 e. The van der Waals surface area contributed by atoms with Crippen LogP contribution >= 0.6 is 0 Å². The van der Waals surface area contributed by atoms with Crippen molar-refractivity contribution in [2.24, 2.45) is 7.05 Å².